The molecule has 91 heavy (non-hydrogen) atoms. The number of aromatic nitrogens is 7. The molecule has 0 radical (unpaired) electrons. The number of carbonyl (C=O) groups is 8. The predicted octanol–water partition coefficient (Wildman–Crippen LogP) is 8.76. The van der Waals surface area contributed by atoms with Crippen molar-refractivity contribution in [2.24, 2.45) is 11.8 Å². The predicted molar refractivity (Wildman–Crippen MR) is 341 cm³/mol. The van der Waals surface area contributed by atoms with Crippen molar-refractivity contribution in [1.82, 2.24) is 61.5 Å². The maximum atomic E-state index is 14.4. The Kier molecular flexibility index (Phi) is 21.1. The second kappa shape index (κ2) is 29.3. The number of carbonyl (C=O) groups excluding carboxylic acids is 6. The van der Waals surface area contributed by atoms with E-state index >= 15 is 0 Å². The highest BCUT2D eigenvalue weighted by molar-refractivity contribution is 7.15. The van der Waals surface area contributed by atoms with Gasteiger partial charge in [0, 0.05) is 59.1 Å². The number of amides is 6. The second-order valence-corrected chi connectivity index (χ2v) is 27.3. The van der Waals surface area contributed by atoms with Crippen LogP contribution in [0.5, 0.6) is 0 Å². The highest BCUT2D eigenvalue weighted by Crippen LogP contribution is 2.41. The number of methoxy groups -OCH3 is 1. The molecule has 6 amide bonds. The lowest BCUT2D eigenvalue weighted by Gasteiger charge is -2.23. The number of pyridine rings is 1. The minimum absolute atomic E-state index is 0.0134. The van der Waals surface area contributed by atoms with Crippen LogP contribution in [0, 0.1) is 18.8 Å². The fourth-order valence-corrected chi connectivity index (χ4v) is 15.6. The number of carboxylic acids is 2. The Balaban J connectivity index is 1.04. The lowest BCUT2D eigenvalue weighted by Crippen LogP contribution is -2.40. The Labute approximate surface area is 544 Å². The summed E-state index contributed by atoms with van der Waals surface area (Å²) in [5.74, 6) is -5.69. The SMILES string of the molecule is CNC(=O)C[C@@H]1NC(=O)c2csc(n2)-c2ccc(-c3nc(N(CCCCC(=O)O)C(=O)O[C@H]4CC[C@H](C(=O)O)C4)cs3)nc2-c2csc(n2)-c2csc(n2)[C@H]([C@@H](O)c2ccccc2)NC(=O)CNC(=O)c2nc(sc2COC)[C@H](C(C)C)NC(=O)c2nc1sc2C. The third-order valence-electron chi connectivity index (χ3n) is 14.8. The molecule has 0 unspecified atom stereocenters. The van der Waals surface area contributed by atoms with E-state index in [1.807, 2.05) is 13.8 Å². The zero-order chi connectivity index (χ0) is 64.6. The van der Waals surface area contributed by atoms with Crippen molar-refractivity contribution in [1.29, 1.82) is 0 Å². The van der Waals surface area contributed by atoms with Gasteiger partial charge >= 0.3 is 18.0 Å². The number of aliphatic hydroxyl groups is 1. The Hall–Kier alpha value is -8.37. The van der Waals surface area contributed by atoms with Gasteiger partial charge in [0.15, 0.2) is 0 Å². The molecule has 8 aromatic rings. The number of ether oxygens (including phenoxy) is 2. The Morgan fingerprint density at radius 1 is 0.714 bits per heavy atom. The minimum atomic E-state index is -1.31. The normalized spacial score (nSPS) is 18.3. The Morgan fingerprint density at radius 3 is 2.18 bits per heavy atom. The van der Waals surface area contributed by atoms with Crippen LogP contribution in [0.15, 0.2) is 64.0 Å². The lowest BCUT2D eigenvalue weighted by atomic mass is 10.0. The van der Waals surface area contributed by atoms with E-state index in [9.17, 15) is 53.7 Å². The summed E-state index contributed by atoms with van der Waals surface area (Å²) in [4.78, 5) is 143. The number of benzene rings is 1. The van der Waals surface area contributed by atoms with Gasteiger partial charge in [-0.3, -0.25) is 38.5 Å². The Bertz CT molecular complexity index is 4010. The van der Waals surface area contributed by atoms with E-state index in [0.29, 0.717) is 88.0 Å². The van der Waals surface area contributed by atoms with E-state index in [1.165, 1.54) is 41.7 Å². The van der Waals surface area contributed by atoms with Crippen LogP contribution in [0.2, 0.25) is 0 Å². The number of aliphatic hydroxyl groups excluding tert-OH is 1. The standard InChI is InChI=1S/C59H61N13O13S6/c1-27(2)43-57-71-46(38(91-57)22-84-5)50(79)61-21-41(74)68-47(48(77)29-11-7-6-8-12-29)56-66-37(25-88-56)54-64-35(23-87-54)45-32(52-65-36(24-86-52)49(78)63-34(20-40(73)60-4)55-70-44(28(3)90-55)51(80)69-43)16-17-33(62-45)53-67-39(26-89-53)72(18-10-9-13-42(75)76)59(83)85-31-15-14-30(19-31)58(81)82/h6-8,11-12,16-17,23-27,30-31,34,43,47-48,77H,9-10,13-15,18-22H2,1-5H3,(H,60,73)(H,61,79)(H,63,78)(H,68,74)(H,69,80)(H,75,76)(H,81,82)/t30-,31-,34-,43-,47-,48-/m0/s1. The van der Waals surface area contributed by atoms with Gasteiger partial charge in [-0.25, -0.2) is 39.7 Å². The third kappa shape index (κ3) is 15.5. The maximum Gasteiger partial charge on any atom is 0.415 e. The van der Waals surface area contributed by atoms with Crippen molar-refractivity contribution < 1.29 is 63.1 Å². The molecule has 476 valence electrons. The van der Waals surface area contributed by atoms with E-state index in [2.05, 4.69) is 26.6 Å². The van der Waals surface area contributed by atoms with E-state index < -0.39 is 90.4 Å². The van der Waals surface area contributed by atoms with E-state index in [-0.39, 0.29) is 72.7 Å². The van der Waals surface area contributed by atoms with Crippen molar-refractivity contribution in [3.05, 3.63) is 111 Å². The van der Waals surface area contributed by atoms with Gasteiger partial charge in [-0.1, -0.05) is 44.2 Å². The first-order valence-corrected chi connectivity index (χ1v) is 33.8. The van der Waals surface area contributed by atoms with Crippen molar-refractivity contribution in [3.8, 4) is 43.4 Å². The van der Waals surface area contributed by atoms with Gasteiger partial charge in [-0.15, -0.1) is 68.0 Å². The number of anilines is 1. The summed E-state index contributed by atoms with van der Waals surface area (Å²) in [5.41, 5.74) is 2.31. The van der Waals surface area contributed by atoms with Gasteiger partial charge in [0.25, 0.3) is 17.7 Å². The van der Waals surface area contributed by atoms with Crippen molar-refractivity contribution in [2.75, 3.05) is 32.1 Å². The first-order chi connectivity index (χ1) is 43.7. The molecule has 1 aliphatic carbocycles. The molecular weight excluding hydrogens is 1290 g/mol. The summed E-state index contributed by atoms with van der Waals surface area (Å²) >= 11 is 6.98. The minimum Gasteiger partial charge on any atom is -0.481 e. The number of nitrogens with one attached hydrogen (secondary N) is 5. The zero-order valence-corrected chi connectivity index (χ0v) is 54.3. The number of unbranched alkanes of at least 4 members (excludes halogenated alkanes) is 1. The van der Waals surface area contributed by atoms with Crippen LogP contribution in [0.3, 0.4) is 0 Å². The highest BCUT2D eigenvalue weighted by atomic mass is 32.1. The van der Waals surface area contributed by atoms with E-state index in [4.69, 9.17) is 44.4 Å². The number of hydrogen-bond acceptors (Lipinski definition) is 24. The van der Waals surface area contributed by atoms with E-state index in [1.54, 1.807) is 70.9 Å². The molecule has 1 aromatic carbocycles. The molecule has 0 saturated heterocycles. The fraction of sp³-hybridized carbons (Fsp3) is 0.373. The summed E-state index contributed by atoms with van der Waals surface area (Å²) in [7, 11) is 2.92. The number of carboxylic acid groups (broad SMARTS) is 2. The number of rotatable bonds is 16. The van der Waals surface area contributed by atoms with Crippen molar-refractivity contribution in [3.63, 3.8) is 0 Å². The summed E-state index contributed by atoms with van der Waals surface area (Å²) in [6.45, 7) is 4.93. The average molecular weight is 1350 g/mol. The van der Waals surface area contributed by atoms with Crippen LogP contribution >= 0.6 is 68.0 Å². The van der Waals surface area contributed by atoms with Crippen LogP contribution in [0.4, 0.5) is 10.6 Å². The lowest BCUT2D eigenvalue weighted by molar-refractivity contribution is -0.142. The molecular formula is C59H61N13O13S6. The number of thiazole rings is 6. The number of fused-ring (bicyclic) bond motifs is 14. The van der Waals surface area contributed by atoms with Crippen molar-refractivity contribution >= 4 is 121 Å². The number of aryl methyl sites for hydroxylation is 1. The average Bonchev–Trinajstić information content (AvgIpc) is 1.85. The smallest absolute Gasteiger partial charge is 0.415 e. The molecule has 10 bridgehead atoms. The maximum absolute atomic E-state index is 14.4. The molecule has 2 aliphatic rings. The van der Waals surface area contributed by atoms with Gasteiger partial charge < -0.3 is 51.4 Å². The van der Waals surface area contributed by atoms with Gasteiger partial charge in [0.1, 0.15) is 88.3 Å². The number of nitrogens with zero attached hydrogens (tertiary/aromatic N) is 8. The molecule has 1 aliphatic heterocycles. The molecule has 6 atom stereocenters. The van der Waals surface area contributed by atoms with Gasteiger partial charge in [-0.2, -0.15) is 0 Å². The topological polar surface area (TPSA) is 369 Å². The monoisotopic (exact) mass is 1350 g/mol. The van der Waals surface area contributed by atoms with Crippen LogP contribution in [-0.2, 0) is 35.3 Å². The van der Waals surface area contributed by atoms with Crippen LogP contribution in [0.25, 0.3) is 43.4 Å². The first kappa shape index (κ1) is 65.6. The quantitative estimate of drug-likeness (QED) is 0.0419. The third-order valence-corrected chi connectivity index (χ3v) is 20.5. The molecule has 0 spiro atoms. The highest BCUT2D eigenvalue weighted by Gasteiger charge is 2.36. The first-order valence-electron chi connectivity index (χ1n) is 28.6. The van der Waals surface area contributed by atoms with Gasteiger partial charge in [-0.05, 0) is 62.6 Å². The van der Waals surface area contributed by atoms with Gasteiger partial charge in [0.2, 0.25) is 11.8 Å². The molecule has 7 aromatic heterocycles. The fourth-order valence-electron chi connectivity index (χ4n) is 10.0. The molecule has 32 heteroatoms. The number of hydrogen-bond donors (Lipinski definition) is 8. The molecule has 26 nitrogen and oxygen atoms in total. The van der Waals surface area contributed by atoms with Crippen molar-refractivity contribution in [2.45, 2.75) is 103 Å². The van der Waals surface area contributed by atoms with Gasteiger partial charge in [0.05, 0.1) is 48.1 Å². The molecule has 1 fully saturated rings. The van der Waals surface area contributed by atoms with Crippen LogP contribution in [-0.4, -0.2) is 131 Å². The molecule has 8 N–H and O–H groups in total. The molecule has 1 saturated carbocycles. The van der Waals surface area contributed by atoms with E-state index in [0.717, 1.165) is 45.3 Å². The largest absolute Gasteiger partial charge is 0.481 e. The van der Waals surface area contributed by atoms with Crippen LogP contribution in [0.1, 0.15) is 145 Å². The van der Waals surface area contributed by atoms with Crippen LogP contribution < -0.4 is 31.5 Å². The number of aliphatic carboxylic acids is 2. The summed E-state index contributed by atoms with van der Waals surface area (Å²) in [6, 6.07) is 9.24. The summed E-state index contributed by atoms with van der Waals surface area (Å²) < 4.78 is 11.3. The molecule has 8 heterocycles. The summed E-state index contributed by atoms with van der Waals surface area (Å²) in [5, 5.41) is 53.7. The zero-order valence-electron chi connectivity index (χ0n) is 49.4. The Morgan fingerprint density at radius 2 is 1.44 bits per heavy atom. The molecule has 10 rings (SSSR count). The second-order valence-electron chi connectivity index (χ2n) is 21.5. The summed E-state index contributed by atoms with van der Waals surface area (Å²) in [6.07, 6.45) is -1.68.